The first-order chi connectivity index (χ1) is 10.1. The SMILES string of the molecule is CCN(CCC#N)C(=O)c1sc2cccc(OC)c2c1N. The summed E-state index contributed by atoms with van der Waals surface area (Å²) in [5.41, 5.74) is 6.61. The van der Waals surface area contributed by atoms with Crippen molar-refractivity contribution in [2.24, 2.45) is 0 Å². The second-order valence-electron chi connectivity index (χ2n) is 4.47. The maximum absolute atomic E-state index is 12.6. The van der Waals surface area contributed by atoms with E-state index in [0.717, 1.165) is 10.1 Å². The second kappa shape index (κ2) is 6.46. The first kappa shape index (κ1) is 15.1. The van der Waals surface area contributed by atoms with Gasteiger partial charge in [0.25, 0.3) is 5.91 Å². The fourth-order valence-electron chi connectivity index (χ4n) is 2.20. The molecular weight excluding hydrogens is 286 g/mol. The van der Waals surface area contributed by atoms with Crippen LogP contribution in [0.1, 0.15) is 23.0 Å². The Kier molecular flexibility index (Phi) is 4.66. The van der Waals surface area contributed by atoms with Gasteiger partial charge in [-0.2, -0.15) is 5.26 Å². The molecule has 0 unspecified atom stereocenters. The van der Waals surface area contributed by atoms with Gasteiger partial charge < -0.3 is 15.4 Å². The van der Waals surface area contributed by atoms with Gasteiger partial charge in [-0.25, -0.2) is 0 Å². The number of ether oxygens (including phenoxy) is 1. The summed E-state index contributed by atoms with van der Waals surface area (Å²) >= 11 is 1.36. The Morgan fingerprint density at radius 3 is 2.90 bits per heavy atom. The average molecular weight is 303 g/mol. The molecule has 2 rings (SSSR count). The Morgan fingerprint density at radius 2 is 2.29 bits per heavy atom. The van der Waals surface area contributed by atoms with E-state index >= 15 is 0 Å². The highest BCUT2D eigenvalue weighted by Crippen LogP contribution is 2.39. The standard InChI is InChI=1S/C15H17N3O2S/c1-3-18(9-5-8-16)15(19)14-13(17)12-10(20-2)6-4-7-11(12)21-14/h4,6-7H,3,5,9,17H2,1-2H3. The summed E-state index contributed by atoms with van der Waals surface area (Å²) in [5, 5.41) is 9.46. The molecule has 110 valence electrons. The topological polar surface area (TPSA) is 79.3 Å². The molecule has 2 aromatic rings. The van der Waals surface area contributed by atoms with E-state index in [2.05, 4.69) is 6.07 Å². The lowest BCUT2D eigenvalue weighted by Crippen LogP contribution is -2.31. The number of fused-ring (bicyclic) bond motifs is 1. The van der Waals surface area contributed by atoms with Gasteiger partial charge in [-0.15, -0.1) is 11.3 Å². The lowest BCUT2D eigenvalue weighted by molar-refractivity contribution is 0.0773. The van der Waals surface area contributed by atoms with Crippen molar-refractivity contribution in [3.63, 3.8) is 0 Å². The van der Waals surface area contributed by atoms with Gasteiger partial charge in [-0.05, 0) is 19.1 Å². The van der Waals surface area contributed by atoms with Crippen LogP contribution in [0.3, 0.4) is 0 Å². The van der Waals surface area contributed by atoms with E-state index in [1.165, 1.54) is 11.3 Å². The molecule has 1 heterocycles. The number of thiophene rings is 1. The molecule has 21 heavy (non-hydrogen) atoms. The van der Waals surface area contributed by atoms with Crippen molar-refractivity contribution < 1.29 is 9.53 Å². The molecule has 0 bridgehead atoms. The predicted molar refractivity (Wildman–Crippen MR) is 84.6 cm³/mol. The van der Waals surface area contributed by atoms with E-state index in [1.807, 2.05) is 25.1 Å². The van der Waals surface area contributed by atoms with Crippen LogP contribution in [0.4, 0.5) is 5.69 Å². The summed E-state index contributed by atoms with van der Waals surface area (Å²) in [7, 11) is 1.58. The Hall–Kier alpha value is -2.26. The molecule has 0 radical (unpaired) electrons. The third-order valence-corrected chi connectivity index (χ3v) is 4.45. The van der Waals surface area contributed by atoms with E-state index in [4.69, 9.17) is 15.7 Å². The highest BCUT2D eigenvalue weighted by molar-refractivity contribution is 7.21. The molecule has 0 aliphatic rings. The van der Waals surface area contributed by atoms with Crippen molar-refractivity contribution in [2.75, 3.05) is 25.9 Å². The minimum Gasteiger partial charge on any atom is -0.496 e. The van der Waals surface area contributed by atoms with Crippen molar-refractivity contribution in [1.82, 2.24) is 4.90 Å². The van der Waals surface area contributed by atoms with E-state index in [0.29, 0.717) is 35.8 Å². The Balaban J connectivity index is 2.45. The summed E-state index contributed by atoms with van der Waals surface area (Å²) in [6.45, 7) is 2.85. The van der Waals surface area contributed by atoms with Crippen LogP contribution < -0.4 is 10.5 Å². The van der Waals surface area contributed by atoms with E-state index in [9.17, 15) is 4.79 Å². The summed E-state index contributed by atoms with van der Waals surface area (Å²) in [6.07, 6.45) is 0.313. The molecule has 0 aliphatic heterocycles. The maximum Gasteiger partial charge on any atom is 0.266 e. The van der Waals surface area contributed by atoms with Gasteiger partial charge in [0.2, 0.25) is 0 Å². The zero-order valence-corrected chi connectivity index (χ0v) is 12.9. The zero-order chi connectivity index (χ0) is 15.4. The van der Waals surface area contributed by atoms with E-state index in [-0.39, 0.29) is 5.91 Å². The number of nitriles is 1. The minimum absolute atomic E-state index is 0.131. The van der Waals surface area contributed by atoms with Gasteiger partial charge in [0.1, 0.15) is 10.6 Å². The number of carbonyl (C=O) groups is 1. The van der Waals surface area contributed by atoms with Crippen molar-refractivity contribution in [3.05, 3.63) is 23.1 Å². The average Bonchev–Trinajstić information content (AvgIpc) is 2.85. The molecule has 0 spiro atoms. The summed E-state index contributed by atoms with van der Waals surface area (Å²) in [4.78, 5) is 14.7. The van der Waals surface area contributed by atoms with Crippen molar-refractivity contribution >= 4 is 33.0 Å². The lowest BCUT2D eigenvalue weighted by atomic mass is 10.2. The van der Waals surface area contributed by atoms with Crippen LogP contribution in [0.15, 0.2) is 18.2 Å². The Labute approximate surface area is 127 Å². The number of nitrogens with zero attached hydrogens (tertiary/aromatic N) is 2. The van der Waals surface area contributed by atoms with Crippen LogP contribution in [0.25, 0.3) is 10.1 Å². The van der Waals surface area contributed by atoms with Crippen LogP contribution in [0.2, 0.25) is 0 Å². The Morgan fingerprint density at radius 1 is 1.52 bits per heavy atom. The summed E-state index contributed by atoms with van der Waals surface area (Å²) in [5.74, 6) is 0.536. The molecule has 0 aliphatic carbocycles. The molecule has 0 atom stereocenters. The number of amides is 1. The monoisotopic (exact) mass is 303 g/mol. The molecule has 1 aromatic heterocycles. The summed E-state index contributed by atoms with van der Waals surface area (Å²) < 4.78 is 6.23. The molecular formula is C15H17N3O2S. The molecule has 0 saturated carbocycles. The number of anilines is 1. The van der Waals surface area contributed by atoms with Crippen LogP contribution in [-0.4, -0.2) is 31.0 Å². The van der Waals surface area contributed by atoms with Crippen LogP contribution >= 0.6 is 11.3 Å². The van der Waals surface area contributed by atoms with Crippen LogP contribution in [0, 0.1) is 11.3 Å². The number of nitrogens with two attached hydrogens (primary N) is 1. The minimum atomic E-state index is -0.131. The number of benzene rings is 1. The van der Waals surface area contributed by atoms with Crippen LogP contribution in [-0.2, 0) is 0 Å². The number of carbonyl (C=O) groups excluding carboxylic acids is 1. The zero-order valence-electron chi connectivity index (χ0n) is 12.0. The van der Waals surface area contributed by atoms with Gasteiger partial charge in [-0.1, -0.05) is 6.07 Å². The van der Waals surface area contributed by atoms with Crippen LogP contribution in [0.5, 0.6) is 5.75 Å². The highest BCUT2D eigenvalue weighted by Gasteiger charge is 2.22. The first-order valence-electron chi connectivity index (χ1n) is 6.65. The molecule has 6 heteroatoms. The molecule has 1 aromatic carbocycles. The van der Waals surface area contributed by atoms with Gasteiger partial charge >= 0.3 is 0 Å². The van der Waals surface area contributed by atoms with Crippen molar-refractivity contribution in [3.8, 4) is 11.8 Å². The Bertz CT molecular complexity index is 703. The maximum atomic E-state index is 12.6. The number of rotatable bonds is 5. The third kappa shape index (κ3) is 2.78. The van der Waals surface area contributed by atoms with E-state index < -0.39 is 0 Å². The normalized spacial score (nSPS) is 10.3. The summed E-state index contributed by atoms with van der Waals surface area (Å²) in [6, 6.07) is 7.67. The number of hydrogen-bond acceptors (Lipinski definition) is 5. The first-order valence-corrected chi connectivity index (χ1v) is 7.46. The fraction of sp³-hybridized carbons (Fsp3) is 0.333. The number of nitrogen functional groups attached to an aromatic ring is 1. The van der Waals surface area contributed by atoms with Gasteiger partial charge in [0.05, 0.1) is 30.7 Å². The molecule has 0 fully saturated rings. The predicted octanol–water partition coefficient (Wildman–Crippen LogP) is 2.87. The van der Waals surface area contributed by atoms with Crippen molar-refractivity contribution in [1.29, 1.82) is 5.26 Å². The third-order valence-electron chi connectivity index (χ3n) is 3.29. The van der Waals surface area contributed by atoms with Gasteiger partial charge in [0, 0.05) is 17.8 Å². The molecule has 0 saturated heterocycles. The van der Waals surface area contributed by atoms with Gasteiger partial charge in [-0.3, -0.25) is 4.79 Å². The number of methoxy groups -OCH3 is 1. The second-order valence-corrected chi connectivity index (χ2v) is 5.52. The number of hydrogen-bond donors (Lipinski definition) is 1. The van der Waals surface area contributed by atoms with Gasteiger partial charge in [0.15, 0.2) is 0 Å². The highest BCUT2D eigenvalue weighted by atomic mass is 32.1. The van der Waals surface area contributed by atoms with Crippen molar-refractivity contribution in [2.45, 2.75) is 13.3 Å². The lowest BCUT2D eigenvalue weighted by Gasteiger charge is -2.18. The molecule has 1 amide bonds. The largest absolute Gasteiger partial charge is 0.496 e. The van der Waals surface area contributed by atoms with E-state index in [1.54, 1.807) is 12.0 Å². The molecule has 5 nitrogen and oxygen atoms in total. The smallest absolute Gasteiger partial charge is 0.266 e. The molecule has 2 N–H and O–H groups in total. The quantitative estimate of drug-likeness (QED) is 0.921. The fourth-order valence-corrected chi connectivity index (χ4v) is 3.31.